The van der Waals surface area contributed by atoms with Crippen LogP contribution in [0, 0.1) is 6.92 Å². The molecule has 0 spiro atoms. The molecule has 0 radical (unpaired) electrons. The van der Waals surface area contributed by atoms with Crippen LogP contribution < -0.4 is 5.32 Å². The maximum atomic E-state index is 13.5. The third-order valence-electron chi connectivity index (χ3n) is 6.02. The number of hydrogen-bond donors (Lipinski definition) is 1. The van der Waals surface area contributed by atoms with E-state index < -0.39 is 23.8 Å². The molecular formula is C28H22N2O3. The summed E-state index contributed by atoms with van der Waals surface area (Å²) in [4.78, 5) is 41.1. The fourth-order valence-electron chi connectivity index (χ4n) is 4.42. The van der Waals surface area contributed by atoms with Gasteiger partial charge in [0.25, 0.3) is 11.8 Å². The van der Waals surface area contributed by atoms with Gasteiger partial charge in [0.05, 0.1) is 11.1 Å². The van der Waals surface area contributed by atoms with Crippen LogP contribution in [-0.2, 0) is 11.2 Å². The molecule has 0 saturated carbocycles. The summed E-state index contributed by atoms with van der Waals surface area (Å²) in [7, 11) is 0. The number of fused-ring (bicyclic) bond motifs is 2. The Kier molecular flexibility index (Phi) is 5.23. The summed E-state index contributed by atoms with van der Waals surface area (Å²) in [5, 5.41) is 4.94. The second kappa shape index (κ2) is 8.36. The molecule has 3 amide bonds. The number of nitrogens with zero attached hydrogens (tertiary/aromatic N) is 1. The van der Waals surface area contributed by atoms with Gasteiger partial charge in [0.2, 0.25) is 5.91 Å². The number of rotatable bonds is 5. The van der Waals surface area contributed by atoms with E-state index in [1.807, 2.05) is 67.6 Å². The first-order chi connectivity index (χ1) is 16.0. The maximum Gasteiger partial charge on any atom is 0.262 e. The number of aryl methyl sites for hydroxylation is 1. The Morgan fingerprint density at radius 2 is 1.45 bits per heavy atom. The van der Waals surface area contributed by atoms with Gasteiger partial charge in [-0.3, -0.25) is 19.3 Å². The Morgan fingerprint density at radius 1 is 0.818 bits per heavy atom. The SMILES string of the molecule is Cc1cccc(NC(=O)C(Cc2cccc3ccccc23)N2C(=O)c3ccccc3C2=O)c1. The van der Waals surface area contributed by atoms with E-state index in [4.69, 9.17) is 0 Å². The van der Waals surface area contributed by atoms with Crippen LogP contribution in [0.15, 0.2) is 91.0 Å². The van der Waals surface area contributed by atoms with Gasteiger partial charge < -0.3 is 5.32 Å². The number of carbonyl (C=O) groups is 3. The highest BCUT2D eigenvalue weighted by atomic mass is 16.2. The first-order valence-corrected chi connectivity index (χ1v) is 10.8. The molecule has 0 saturated heterocycles. The van der Waals surface area contributed by atoms with E-state index in [9.17, 15) is 14.4 Å². The third-order valence-corrected chi connectivity index (χ3v) is 6.02. The fraction of sp³-hybridized carbons (Fsp3) is 0.107. The topological polar surface area (TPSA) is 66.5 Å². The van der Waals surface area contributed by atoms with Gasteiger partial charge in [-0.1, -0.05) is 66.7 Å². The van der Waals surface area contributed by atoms with Gasteiger partial charge in [0.1, 0.15) is 6.04 Å². The standard InChI is InChI=1S/C28H22N2O3/c1-18-8-6-12-21(16-18)29-26(31)25(17-20-11-7-10-19-9-2-3-13-22(19)20)30-27(32)23-14-4-5-15-24(23)28(30)33/h2-16,25H,17H2,1H3,(H,29,31). The molecule has 0 aliphatic carbocycles. The van der Waals surface area contributed by atoms with Crippen molar-refractivity contribution in [3.8, 4) is 0 Å². The molecule has 5 nitrogen and oxygen atoms in total. The molecule has 0 aromatic heterocycles. The molecule has 4 aromatic rings. The average Bonchev–Trinajstić information content (AvgIpc) is 3.07. The lowest BCUT2D eigenvalue weighted by molar-refractivity contribution is -0.119. The Hall–Kier alpha value is -4.25. The van der Waals surface area contributed by atoms with E-state index in [-0.39, 0.29) is 6.42 Å². The highest BCUT2D eigenvalue weighted by Gasteiger charge is 2.42. The molecule has 0 fully saturated rings. The van der Waals surface area contributed by atoms with Crippen LogP contribution in [0.4, 0.5) is 5.69 Å². The minimum atomic E-state index is -0.997. The maximum absolute atomic E-state index is 13.5. The predicted molar refractivity (Wildman–Crippen MR) is 128 cm³/mol. The summed E-state index contributed by atoms with van der Waals surface area (Å²) in [5.41, 5.74) is 3.18. The van der Waals surface area contributed by atoms with Gasteiger partial charge in [0.15, 0.2) is 0 Å². The summed E-state index contributed by atoms with van der Waals surface area (Å²) in [6, 6.07) is 26.9. The number of nitrogens with one attached hydrogen (secondary N) is 1. The van der Waals surface area contributed by atoms with Crippen molar-refractivity contribution in [3.63, 3.8) is 0 Å². The molecular weight excluding hydrogens is 412 g/mol. The largest absolute Gasteiger partial charge is 0.324 e. The number of imide groups is 1. The Labute approximate surface area is 191 Å². The first kappa shape index (κ1) is 20.6. The van der Waals surface area contributed by atoms with Crippen molar-refractivity contribution in [2.75, 3.05) is 5.32 Å². The van der Waals surface area contributed by atoms with Gasteiger partial charge in [-0.05, 0) is 53.1 Å². The number of hydrogen-bond acceptors (Lipinski definition) is 3. The first-order valence-electron chi connectivity index (χ1n) is 10.8. The predicted octanol–water partition coefficient (Wildman–Crippen LogP) is 4.99. The van der Waals surface area contributed by atoms with Gasteiger partial charge >= 0.3 is 0 Å². The average molecular weight is 434 g/mol. The van der Waals surface area contributed by atoms with E-state index in [1.54, 1.807) is 30.3 Å². The van der Waals surface area contributed by atoms with Crippen molar-refractivity contribution in [2.45, 2.75) is 19.4 Å². The Bertz CT molecular complexity index is 1370. The fourth-order valence-corrected chi connectivity index (χ4v) is 4.42. The second-order valence-electron chi connectivity index (χ2n) is 8.24. The summed E-state index contributed by atoms with van der Waals surface area (Å²) < 4.78 is 0. The second-order valence-corrected chi connectivity index (χ2v) is 8.24. The lowest BCUT2D eigenvalue weighted by Gasteiger charge is -2.26. The molecule has 1 aliphatic rings. The monoisotopic (exact) mass is 434 g/mol. The van der Waals surface area contributed by atoms with E-state index >= 15 is 0 Å². The normalized spacial score (nSPS) is 13.8. The molecule has 33 heavy (non-hydrogen) atoms. The zero-order valence-electron chi connectivity index (χ0n) is 18.1. The molecule has 5 rings (SSSR count). The molecule has 5 heteroatoms. The number of carbonyl (C=O) groups excluding carboxylic acids is 3. The van der Waals surface area contributed by atoms with E-state index in [1.165, 1.54) is 0 Å². The van der Waals surface area contributed by atoms with Crippen molar-refractivity contribution < 1.29 is 14.4 Å². The highest BCUT2D eigenvalue weighted by molar-refractivity contribution is 6.23. The van der Waals surface area contributed by atoms with Crippen molar-refractivity contribution in [2.24, 2.45) is 0 Å². The third kappa shape index (κ3) is 3.78. The summed E-state index contributed by atoms with van der Waals surface area (Å²) >= 11 is 0. The smallest absolute Gasteiger partial charge is 0.262 e. The molecule has 1 aliphatic heterocycles. The highest BCUT2D eigenvalue weighted by Crippen LogP contribution is 2.28. The number of amides is 3. The summed E-state index contributed by atoms with van der Waals surface area (Å²) in [5.74, 6) is -1.29. The van der Waals surface area contributed by atoms with E-state index in [0.29, 0.717) is 16.8 Å². The van der Waals surface area contributed by atoms with Gasteiger partial charge in [0, 0.05) is 12.1 Å². The molecule has 4 aromatic carbocycles. The zero-order chi connectivity index (χ0) is 22.9. The molecule has 1 atom stereocenters. The minimum Gasteiger partial charge on any atom is -0.324 e. The molecule has 1 N–H and O–H groups in total. The van der Waals surface area contributed by atoms with Crippen molar-refractivity contribution in [3.05, 3.63) is 113 Å². The minimum absolute atomic E-state index is 0.213. The van der Waals surface area contributed by atoms with Crippen LogP contribution in [0.2, 0.25) is 0 Å². The molecule has 162 valence electrons. The van der Waals surface area contributed by atoms with Crippen LogP contribution in [-0.4, -0.2) is 28.7 Å². The summed E-state index contributed by atoms with van der Waals surface area (Å²) in [6.45, 7) is 1.94. The number of benzene rings is 4. The van der Waals surface area contributed by atoms with Gasteiger partial charge in [-0.2, -0.15) is 0 Å². The molecule has 1 heterocycles. The van der Waals surface area contributed by atoms with Crippen molar-refractivity contribution >= 4 is 34.2 Å². The Morgan fingerprint density at radius 3 is 2.18 bits per heavy atom. The number of anilines is 1. The van der Waals surface area contributed by atoms with Crippen molar-refractivity contribution in [1.29, 1.82) is 0 Å². The van der Waals surface area contributed by atoms with Crippen LogP contribution in [0.25, 0.3) is 10.8 Å². The molecule has 1 unspecified atom stereocenters. The van der Waals surface area contributed by atoms with Gasteiger partial charge in [-0.25, -0.2) is 0 Å². The van der Waals surface area contributed by atoms with Crippen LogP contribution in [0.1, 0.15) is 31.8 Å². The van der Waals surface area contributed by atoms with Crippen LogP contribution in [0.3, 0.4) is 0 Å². The van der Waals surface area contributed by atoms with E-state index in [0.717, 1.165) is 26.8 Å². The summed E-state index contributed by atoms with van der Waals surface area (Å²) in [6.07, 6.45) is 0.213. The lowest BCUT2D eigenvalue weighted by Crippen LogP contribution is -2.48. The van der Waals surface area contributed by atoms with E-state index in [2.05, 4.69) is 5.32 Å². The van der Waals surface area contributed by atoms with Crippen LogP contribution in [0.5, 0.6) is 0 Å². The Balaban J connectivity index is 1.56. The lowest BCUT2D eigenvalue weighted by atomic mass is 9.97. The van der Waals surface area contributed by atoms with Crippen LogP contribution >= 0.6 is 0 Å². The van der Waals surface area contributed by atoms with Crippen molar-refractivity contribution in [1.82, 2.24) is 4.90 Å². The van der Waals surface area contributed by atoms with Gasteiger partial charge in [-0.15, -0.1) is 0 Å². The zero-order valence-corrected chi connectivity index (χ0v) is 18.1. The quantitative estimate of drug-likeness (QED) is 0.450. The molecule has 0 bridgehead atoms.